The zero-order valence-electron chi connectivity index (χ0n) is 24.5. The molecule has 0 aliphatic carbocycles. The number of rotatable bonds is 16. The van der Waals surface area contributed by atoms with Gasteiger partial charge in [0.2, 0.25) is 17.7 Å². The van der Waals surface area contributed by atoms with Gasteiger partial charge < -0.3 is 47.0 Å². The minimum Gasteiger partial charge on any atom is -0.481 e. The molecular weight excluding hydrogens is 600 g/mol. The van der Waals surface area contributed by atoms with Crippen LogP contribution in [0.1, 0.15) is 30.4 Å². The van der Waals surface area contributed by atoms with E-state index in [1.54, 1.807) is 42.7 Å². The number of H-pyrrole nitrogens is 2. The second-order valence-corrected chi connectivity index (χ2v) is 10.8. The Kier molecular flexibility index (Phi) is 10.7. The van der Waals surface area contributed by atoms with Gasteiger partial charge in [-0.15, -0.1) is 0 Å². The lowest BCUT2D eigenvalue weighted by Crippen LogP contribution is -2.58. The van der Waals surface area contributed by atoms with Crippen LogP contribution in [0.25, 0.3) is 21.8 Å². The van der Waals surface area contributed by atoms with Gasteiger partial charge >= 0.3 is 17.9 Å². The summed E-state index contributed by atoms with van der Waals surface area (Å²) in [7, 11) is 0. The molecule has 0 spiro atoms. The molecule has 0 fully saturated rings. The second-order valence-electron chi connectivity index (χ2n) is 10.8. The molecule has 4 atom stereocenters. The number of carboxylic acid groups (broad SMARTS) is 3. The predicted octanol–water partition coefficient (Wildman–Crippen LogP) is 0.640. The van der Waals surface area contributed by atoms with Gasteiger partial charge in [-0.05, 0) is 29.7 Å². The van der Waals surface area contributed by atoms with Gasteiger partial charge in [-0.2, -0.15) is 0 Å². The molecule has 0 saturated heterocycles. The number of carbonyl (C=O) groups excluding carboxylic acids is 3. The zero-order valence-corrected chi connectivity index (χ0v) is 24.5. The van der Waals surface area contributed by atoms with E-state index in [-0.39, 0.29) is 19.3 Å². The molecule has 0 aliphatic rings. The standard InChI is InChI=1S/C31H34N6O9/c32-20(9-10-26(38)39)28(42)35-24(13-27(40)41)30(44)36-23(11-16-14-33-21-7-3-1-5-18(16)21)29(43)37-25(31(45)46)12-17-15-34-22-8-4-2-6-19(17)22/h1-8,14-15,20,23-25,33-34H,9-13,32H2,(H,35,42)(H,36,44)(H,37,43)(H,38,39)(H,40,41)(H,45,46). The Morgan fingerprint density at radius 1 is 0.652 bits per heavy atom. The smallest absolute Gasteiger partial charge is 0.326 e. The zero-order chi connectivity index (χ0) is 33.4. The first-order valence-electron chi connectivity index (χ1n) is 14.4. The van der Waals surface area contributed by atoms with Crippen molar-refractivity contribution in [3.05, 3.63) is 72.1 Å². The molecule has 15 nitrogen and oxygen atoms in total. The summed E-state index contributed by atoms with van der Waals surface area (Å²) in [4.78, 5) is 80.5. The number of nitrogens with two attached hydrogens (primary N) is 1. The molecule has 2 heterocycles. The fourth-order valence-electron chi connectivity index (χ4n) is 5.07. The molecule has 3 amide bonds. The summed E-state index contributed by atoms with van der Waals surface area (Å²) in [5.74, 6) is -6.80. The monoisotopic (exact) mass is 634 g/mol. The molecule has 0 radical (unpaired) electrons. The average Bonchev–Trinajstić information content (AvgIpc) is 3.62. The molecular formula is C31H34N6O9. The number of aromatic amines is 2. The van der Waals surface area contributed by atoms with Gasteiger partial charge in [0.15, 0.2) is 0 Å². The number of hydrogen-bond donors (Lipinski definition) is 9. The van der Waals surface area contributed by atoms with Crippen molar-refractivity contribution < 1.29 is 44.1 Å². The Bertz CT molecular complexity index is 1760. The van der Waals surface area contributed by atoms with Gasteiger partial charge in [0.25, 0.3) is 0 Å². The van der Waals surface area contributed by atoms with E-state index in [0.717, 1.165) is 21.8 Å². The molecule has 2 aromatic carbocycles. The first kappa shape index (κ1) is 33.2. The van der Waals surface area contributed by atoms with Crippen molar-refractivity contribution in [1.29, 1.82) is 0 Å². The second kappa shape index (κ2) is 14.9. The van der Waals surface area contributed by atoms with Crippen LogP contribution in [0.15, 0.2) is 60.9 Å². The number of carbonyl (C=O) groups is 6. The molecule has 4 rings (SSSR count). The largest absolute Gasteiger partial charge is 0.481 e. The number of carboxylic acids is 3. The van der Waals surface area contributed by atoms with E-state index in [1.165, 1.54) is 0 Å². The van der Waals surface area contributed by atoms with Crippen molar-refractivity contribution in [2.45, 2.75) is 56.3 Å². The first-order valence-corrected chi connectivity index (χ1v) is 14.4. The van der Waals surface area contributed by atoms with E-state index >= 15 is 0 Å². The van der Waals surface area contributed by atoms with Crippen molar-refractivity contribution in [3.63, 3.8) is 0 Å². The molecule has 46 heavy (non-hydrogen) atoms. The predicted molar refractivity (Wildman–Crippen MR) is 165 cm³/mol. The van der Waals surface area contributed by atoms with Crippen molar-refractivity contribution in [1.82, 2.24) is 25.9 Å². The summed E-state index contributed by atoms with van der Waals surface area (Å²) in [5, 5.41) is 37.0. The highest BCUT2D eigenvalue weighted by Gasteiger charge is 2.32. The third kappa shape index (κ3) is 8.47. The topological polar surface area (TPSA) is 257 Å². The summed E-state index contributed by atoms with van der Waals surface area (Å²) >= 11 is 0. The lowest BCUT2D eigenvalue weighted by molar-refractivity contribution is -0.143. The van der Waals surface area contributed by atoms with Gasteiger partial charge in [0, 0.05) is 53.5 Å². The molecule has 4 aromatic rings. The molecule has 4 unspecified atom stereocenters. The van der Waals surface area contributed by atoms with Crippen molar-refractivity contribution in [3.8, 4) is 0 Å². The fraction of sp³-hybridized carbons (Fsp3) is 0.290. The Labute approximate surface area is 261 Å². The molecule has 242 valence electrons. The van der Waals surface area contributed by atoms with Crippen molar-refractivity contribution >= 4 is 57.4 Å². The minimum atomic E-state index is -1.68. The van der Waals surface area contributed by atoms with Gasteiger partial charge in [-0.3, -0.25) is 24.0 Å². The SMILES string of the molecule is NC(CCC(=O)O)C(=O)NC(CC(=O)O)C(=O)NC(Cc1c[nH]c2ccccc12)C(=O)NC(Cc1c[nH]c2ccccc12)C(=O)O. The number of para-hydroxylation sites is 2. The summed E-state index contributed by atoms with van der Waals surface area (Å²) in [6, 6.07) is 8.62. The van der Waals surface area contributed by atoms with Crippen LogP contribution < -0.4 is 21.7 Å². The highest BCUT2D eigenvalue weighted by molar-refractivity contribution is 5.96. The summed E-state index contributed by atoms with van der Waals surface area (Å²) in [6.45, 7) is 0. The lowest BCUT2D eigenvalue weighted by Gasteiger charge is -2.24. The van der Waals surface area contributed by atoms with Crippen LogP contribution in [0.3, 0.4) is 0 Å². The van der Waals surface area contributed by atoms with Gasteiger partial charge in [-0.25, -0.2) is 4.79 Å². The van der Waals surface area contributed by atoms with E-state index < -0.39 is 72.6 Å². The molecule has 0 aliphatic heterocycles. The highest BCUT2D eigenvalue weighted by atomic mass is 16.4. The normalized spacial score (nSPS) is 13.8. The molecule has 0 saturated carbocycles. The van der Waals surface area contributed by atoms with E-state index in [0.29, 0.717) is 11.1 Å². The van der Waals surface area contributed by atoms with Crippen LogP contribution in [0.4, 0.5) is 0 Å². The summed E-state index contributed by atoms with van der Waals surface area (Å²) < 4.78 is 0. The molecule has 2 aromatic heterocycles. The number of nitrogens with one attached hydrogen (secondary N) is 5. The van der Waals surface area contributed by atoms with Crippen LogP contribution in [0.2, 0.25) is 0 Å². The van der Waals surface area contributed by atoms with Crippen LogP contribution in [0.5, 0.6) is 0 Å². The Morgan fingerprint density at radius 3 is 1.65 bits per heavy atom. The number of aliphatic carboxylic acids is 3. The van der Waals surface area contributed by atoms with Gasteiger partial charge in [0.05, 0.1) is 12.5 Å². The van der Waals surface area contributed by atoms with E-state index in [2.05, 4.69) is 25.9 Å². The van der Waals surface area contributed by atoms with Crippen LogP contribution in [0, 0.1) is 0 Å². The van der Waals surface area contributed by atoms with E-state index in [9.17, 15) is 39.0 Å². The maximum absolute atomic E-state index is 13.7. The Hall–Kier alpha value is -5.70. The maximum atomic E-state index is 13.7. The third-order valence-electron chi connectivity index (χ3n) is 7.46. The van der Waals surface area contributed by atoms with Gasteiger partial charge in [-0.1, -0.05) is 36.4 Å². The molecule has 10 N–H and O–H groups in total. The number of hydrogen-bond acceptors (Lipinski definition) is 7. The maximum Gasteiger partial charge on any atom is 0.326 e. The minimum absolute atomic E-state index is 0.0786. The quantitative estimate of drug-likeness (QED) is 0.0831. The highest BCUT2D eigenvalue weighted by Crippen LogP contribution is 2.21. The van der Waals surface area contributed by atoms with Crippen LogP contribution in [-0.2, 0) is 41.6 Å². The number of fused-ring (bicyclic) bond motifs is 2. The van der Waals surface area contributed by atoms with Crippen molar-refractivity contribution in [2.75, 3.05) is 0 Å². The van der Waals surface area contributed by atoms with Crippen LogP contribution >= 0.6 is 0 Å². The molecule has 15 heteroatoms. The Balaban J connectivity index is 1.57. The van der Waals surface area contributed by atoms with E-state index in [4.69, 9.17) is 10.8 Å². The molecule has 0 bridgehead atoms. The van der Waals surface area contributed by atoms with Crippen LogP contribution in [-0.4, -0.2) is 85.1 Å². The number of aromatic nitrogens is 2. The fourth-order valence-corrected chi connectivity index (χ4v) is 5.07. The summed E-state index contributed by atoms with van der Waals surface area (Å²) in [5.41, 5.74) is 8.51. The Morgan fingerprint density at radius 2 is 1.13 bits per heavy atom. The average molecular weight is 635 g/mol. The number of amides is 3. The first-order chi connectivity index (χ1) is 21.9. The van der Waals surface area contributed by atoms with Gasteiger partial charge in [0.1, 0.15) is 18.1 Å². The van der Waals surface area contributed by atoms with Crippen molar-refractivity contribution in [2.24, 2.45) is 5.73 Å². The number of benzene rings is 2. The van der Waals surface area contributed by atoms with E-state index in [1.807, 2.05) is 18.2 Å². The summed E-state index contributed by atoms with van der Waals surface area (Å²) in [6.07, 6.45) is 1.52. The lowest BCUT2D eigenvalue weighted by atomic mass is 10.0. The third-order valence-corrected chi connectivity index (χ3v) is 7.46.